The second kappa shape index (κ2) is 13.2. The molecule has 0 spiro atoms. The summed E-state index contributed by atoms with van der Waals surface area (Å²) in [6.45, 7) is 16.5. The smallest absolute Gasteiger partial charge is 0.166 e. The minimum absolute atomic E-state index is 0.0504. The predicted octanol–water partition coefficient (Wildman–Crippen LogP) is 6.75. The molecule has 0 atom stereocenters. The molecule has 0 aliphatic heterocycles. The number of Topliss-reactive ketones (excluding diaryl/α,β-unsaturated/α-hetero) is 2. The van der Waals surface area contributed by atoms with Gasteiger partial charge in [0.2, 0.25) is 0 Å². The van der Waals surface area contributed by atoms with Crippen LogP contribution < -0.4 is 0 Å². The highest BCUT2D eigenvalue weighted by molar-refractivity contribution is 6.01. The fourth-order valence-electron chi connectivity index (χ4n) is 2.44. The number of hydrogen-bond acceptors (Lipinski definition) is 4. The molecule has 0 aromatic heterocycles. The molecule has 0 unspecified atom stereocenters. The Labute approximate surface area is 190 Å². The summed E-state index contributed by atoms with van der Waals surface area (Å²) in [4.78, 5) is 24.1. The monoisotopic (exact) mass is 425 g/mol. The van der Waals surface area contributed by atoms with Crippen molar-refractivity contribution in [3.05, 3.63) is 126 Å². The maximum absolute atomic E-state index is 12.6. The van der Waals surface area contributed by atoms with Crippen LogP contribution in [-0.4, -0.2) is 11.6 Å². The maximum atomic E-state index is 12.6. The molecular weight excluding hydrogens is 398 g/mol. The molecule has 4 nitrogen and oxygen atoms in total. The Hall–Kier alpha value is -4.19. The number of ketones is 2. The molecular formula is C28H27NO3. The van der Waals surface area contributed by atoms with E-state index in [0.717, 1.165) is 0 Å². The molecule has 4 heteroatoms. The van der Waals surface area contributed by atoms with Crippen molar-refractivity contribution in [2.24, 2.45) is 0 Å². The first-order valence-corrected chi connectivity index (χ1v) is 9.90. The van der Waals surface area contributed by atoms with Crippen LogP contribution in [0.3, 0.4) is 0 Å². The first-order chi connectivity index (χ1) is 15.2. The second-order valence-corrected chi connectivity index (χ2v) is 6.90. The average Bonchev–Trinajstić information content (AvgIpc) is 2.76. The zero-order chi connectivity index (χ0) is 24.1. The first-order valence-electron chi connectivity index (χ1n) is 9.90. The molecule has 0 bridgehead atoms. The molecule has 0 fully saturated rings. The van der Waals surface area contributed by atoms with E-state index in [-0.39, 0.29) is 23.7 Å². The number of allylic oxidation sites excluding steroid dienone is 7. The third-order valence-corrected chi connectivity index (χ3v) is 4.29. The van der Waals surface area contributed by atoms with Crippen LogP contribution >= 0.6 is 0 Å². The van der Waals surface area contributed by atoms with Crippen LogP contribution in [-0.2, 0) is 4.74 Å². The molecule has 0 saturated carbocycles. The van der Waals surface area contributed by atoms with E-state index in [0.29, 0.717) is 33.6 Å². The number of carbonyl (C=O) groups is 2. The summed E-state index contributed by atoms with van der Waals surface area (Å²) in [5.41, 5.74) is 5.28. The van der Waals surface area contributed by atoms with Gasteiger partial charge in [0, 0.05) is 23.1 Å². The Morgan fingerprint density at radius 2 is 1.81 bits per heavy atom. The lowest BCUT2D eigenvalue weighted by Crippen LogP contribution is -2.03. The Morgan fingerprint density at radius 3 is 2.44 bits per heavy atom. The van der Waals surface area contributed by atoms with Crippen molar-refractivity contribution in [3.8, 4) is 6.07 Å². The summed E-state index contributed by atoms with van der Waals surface area (Å²) in [7, 11) is 0. The second-order valence-electron chi connectivity index (χ2n) is 6.90. The molecule has 0 amide bonds. The molecule has 0 radical (unpaired) electrons. The Kier molecular flexibility index (Phi) is 10.6. The van der Waals surface area contributed by atoms with Crippen molar-refractivity contribution in [3.63, 3.8) is 0 Å². The summed E-state index contributed by atoms with van der Waals surface area (Å²) < 4.78 is 5.52. The number of hydrogen-bond donors (Lipinski definition) is 0. The number of carbonyl (C=O) groups excluding carboxylic acids is 2. The molecule has 0 aliphatic rings. The normalized spacial score (nSPS) is 11.2. The zero-order valence-electron chi connectivity index (χ0n) is 18.8. The van der Waals surface area contributed by atoms with Crippen LogP contribution in [0.4, 0.5) is 0 Å². The van der Waals surface area contributed by atoms with Gasteiger partial charge in [-0.1, -0.05) is 50.1 Å². The van der Waals surface area contributed by atoms with Gasteiger partial charge < -0.3 is 4.74 Å². The van der Waals surface area contributed by atoms with Crippen LogP contribution in [0, 0.1) is 11.3 Å². The van der Waals surface area contributed by atoms with Crippen molar-refractivity contribution in [1.29, 1.82) is 5.26 Å². The Balaban J connectivity index is 2.85. The van der Waals surface area contributed by atoms with E-state index in [4.69, 9.17) is 4.74 Å². The number of nitrogens with zero attached hydrogens (tertiary/aromatic N) is 1. The fraction of sp³-hybridized carbons (Fsp3) is 0.143. The number of rotatable bonds is 11. The molecule has 32 heavy (non-hydrogen) atoms. The predicted molar refractivity (Wildman–Crippen MR) is 129 cm³/mol. The van der Waals surface area contributed by atoms with Crippen molar-refractivity contribution in [2.75, 3.05) is 0 Å². The molecule has 0 saturated heterocycles. The van der Waals surface area contributed by atoms with E-state index in [1.165, 1.54) is 19.1 Å². The largest absolute Gasteiger partial charge is 0.458 e. The summed E-state index contributed by atoms with van der Waals surface area (Å²) in [6, 6.07) is 8.63. The molecule has 162 valence electrons. The van der Waals surface area contributed by atoms with E-state index < -0.39 is 0 Å². The summed E-state index contributed by atoms with van der Waals surface area (Å²) in [5.74, 6) is 0.285. The molecule has 1 aromatic carbocycles. The molecule has 1 aromatic rings. The van der Waals surface area contributed by atoms with Crippen molar-refractivity contribution >= 4 is 11.6 Å². The molecule has 0 aliphatic carbocycles. The Morgan fingerprint density at radius 1 is 1.12 bits per heavy atom. The Bertz CT molecular complexity index is 1130. The van der Waals surface area contributed by atoms with Gasteiger partial charge in [-0.15, -0.1) is 5.73 Å². The van der Waals surface area contributed by atoms with Gasteiger partial charge in [0.05, 0.1) is 11.6 Å². The van der Waals surface area contributed by atoms with Crippen LogP contribution in [0.5, 0.6) is 0 Å². The average molecular weight is 426 g/mol. The van der Waals surface area contributed by atoms with Gasteiger partial charge in [0.15, 0.2) is 11.6 Å². The van der Waals surface area contributed by atoms with Crippen molar-refractivity contribution in [1.82, 2.24) is 0 Å². The quantitative estimate of drug-likeness (QED) is 0.129. The SMILES string of the molecule is C=C(/C=C\C(C#N)=C(/C)CC(=O)c1cccc(C(C)=O)c1)OC(=C)C(=C)C=C=C/C=C\C. The molecule has 0 N–H and O–H groups in total. The first kappa shape index (κ1) is 25.8. The number of nitriles is 1. The van der Waals surface area contributed by atoms with E-state index in [9.17, 15) is 14.9 Å². The fourth-order valence-corrected chi connectivity index (χ4v) is 2.44. The summed E-state index contributed by atoms with van der Waals surface area (Å²) >= 11 is 0. The summed E-state index contributed by atoms with van der Waals surface area (Å²) in [5, 5.41) is 9.48. The van der Waals surface area contributed by atoms with E-state index in [2.05, 4.69) is 31.5 Å². The lowest BCUT2D eigenvalue weighted by atomic mass is 9.98. The van der Waals surface area contributed by atoms with Gasteiger partial charge in [0.25, 0.3) is 0 Å². The van der Waals surface area contributed by atoms with Gasteiger partial charge in [-0.2, -0.15) is 5.26 Å². The van der Waals surface area contributed by atoms with Crippen LogP contribution in [0.2, 0.25) is 0 Å². The minimum atomic E-state index is -0.177. The standard InChI is InChI=1S/C28H27NO3/c1-7-8-9-10-12-20(2)24(6)32-22(4)15-16-27(19-29)21(3)17-28(31)26-14-11-13-25(18-26)23(5)30/h7-9,11-16,18H,2,4,6,17H2,1,3,5H3/b8-7-,16-15-,27-21-. The van der Waals surface area contributed by atoms with Crippen LogP contribution in [0.1, 0.15) is 47.9 Å². The lowest BCUT2D eigenvalue weighted by molar-refractivity contribution is 0.0992. The van der Waals surface area contributed by atoms with E-state index >= 15 is 0 Å². The lowest BCUT2D eigenvalue weighted by Gasteiger charge is -2.08. The maximum Gasteiger partial charge on any atom is 0.166 e. The van der Waals surface area contributed by atoms with E-state index in [1.54, 1.807) is 43.3 Å². The van der Waals surface area contributed by atoms with Crippen LogP contribution in [0.25, 0.3) is 0 Å². The minimum Gasteiger partial charge on any atom is -0.458 e. The molecule has 1 rings (SSSR count). The number of ether oxygens (including phenoxy) is 1. The topological polar surface area (TPSA) is 67.2 Å². The summed E-state index contributed by atoms with van der Waals surface area (Å²) in [6.07, 6.45) is 10.2. The van der Waals surface area contributed by atoms with Gasteiger partial charge in [-0.25, -0.2) is 0 Å². The van der Waals surface area contributed by atoms with Crippen molar-refractivity contribution < 1.29 is 14.3 Å². The third-order valence-electron chi connectivity index (χ3n) is 4.29. The highest BCUT2D eigenvalue weighted by Gasteiger charge is 2.11. The van der Waals surface area contributed by atoms with Gasteiger partial charge in [-0.05, 0) is 56.7 Å². The van der Waals surface area contributed by atoms with Crippen LogP contribution in [0.15, 0.2) is 114 Å². The highest BCUT2D eigenvalue weighted by atomic mass is 16.5. The van der Waals surface area contributed by atoms with Crippen molar-refractivity contribution in [2.45, 2.75) is 27.2 Å². The third kappa shape index (κ3) is 8.67. The van der Waals surface area contributed by atoms with Gasteiger partial charge >= 0.3 is 0 Å². The van der Waals surface area contributed by atoms with Gasteiger partial charge in [-0.3, -0.25) is 9.59 Å². The highest BCUT2D eigenvalue weighted by Crippen LogP contribution is 2.17. The molecule has 0 heterocycles. The van der Waals surface area contributed by atoms with Gasteiger partial charge in [0.1, 0.15) is 11.5 Å². The number of benzene rings is 1. The zero-order valence-corrected chi connectivity index (χ0v) is 18.8. The van der Waals surface area contributed by atoms with E-state index in [1.807, 2.05) is 19.1 Å².